The van der Waals surface area contributed by atoms with E-state index in [2.05, 4.69) is 35.0 Å². The summed E-state index contributed by atoms with van der Waals surface area (Å²) in [5.74, 6) is -2.48. The monoisotopic (exact) mass is 588 g/mol. The molecule has 42 heavy (non-hydrogen) atoms. The second kappa shape index (κ2) is 11.5. The van der Waals surface area contributed by atoms with Crippen LogP contribution in [-0.2, 0) is 19.2 Å². The van der Waals surface area contributed by atoms with Crippen molar-refractivity contribution in [1.29, 1.82) is 0 Å². The van der Waals surface area contributed by atoms with Gasteiger partial charge in [0.05, 0.1) is 17.8 Å². The fourth-order valence-electron chi connectivity index (χ4n) is 6.65. The Morgan fingerprint density at radius 3 is 2.12 bits per heavy atom. The molecular formula is C30H48N6O6. The van der Waals surface area contributed by atoms with Gasteiger partial charge in [-0.25, -0.2) is 4.79 Å². The number of nitrogens with two attached hydrogens (primary N) is 1. The normalized spacial score (nSPS) is 27.0. The number of oxime groups is 1. The van der Waals surface area contributed by atoms with Crippen LogP contribution < -0.4 is 21.7 Å². The molecule has 4 rings (SSSR count). The van der Waals surface area contributed by atoms with Gasteiger partial charge in [-0.15, -0.1) is 0 Å². The number of amides is 5. The fourth-order valence-corrected chi connectivity index (χ4v) is 6.65. The van der Waals surface area contributed by atoms with Crippen molar-refractivity contribution < 1.29 is 29.2 Å². The first-order valence-electron chi connectivity index (χ1n) is 15.2. The molecule has 12 heteroatoms. The number of primary amides is 1. The minimum atomic E-state index is -1.09. The Hall–Kier alpha value is -3.18. The maximum absolute atomic E-state index is 14.2. The van der Waals surface area contributed by atoms with E-state index in [1.165, 1.54) is 4.90 Å². The first-order chi connectivity index (χ1) is 19.5. The van der Waals surface area contributed by atoms with Crippen LogP contribution in [0.4, 0.5) is 4.79 Å². The number of urea groups is 1. The van der Waals surface area contributed by atoms with E-state index in [1.807, 2.05) is 34.6 Å². The summed E-state index contributed by atoms with van der Waals surface area (Å²) in [6.45, 7) is 13.8. The molecule has 12 nitrogen and oxygen atoms in total. The van der Waals surface area contributed by atoms with Crippen molar-refractivity contribution in [3.8, 4) is 0 Å². The molecule has 0 aromatic heterocycles. The molecule has 6 atom stereocenters. The van der Waals surface area contributed by atoms with E-state index in [4.69, 9.17) is 5.73 Å². The van der Waals surface area contributed by atoms with Crippen LogP contribution in [0.1, 0.15) is 80.6 Å². The number of piperidine rings is 1. The molecule has 6 N–H and O–H groups in total. The third-order valence-electron chi connectivity index (χ3n) is 9.67. The van der Waals surface area contributed by atoms with Crippen LogP contribution in [0.5, 0.6) is 0 Å². The van der Waals surface area contributed by atoms with Crippen molar-refractivity contribution in [2.24, 2.45) is 51.3 Å². The van der Waals surface area contributed by atoms with Gasteiger partial charge in [-0.05, 0) is 53.8 Å². The molecule has 1 aliphatic heterocycles. The number of Topliss-reactive ketones (excluding diaryl/α,β-unsaturated/α-hetero) is 1. The van der Waals surface area contributed by atoms with E-state index in [0.29, 0.717) is 18.7 Å². The minimum Gasteiger partial charge on any atom is -0.411 e. The predicted octanol–water partition coefficient (Wildman–Crippen LogP) is 1.79. The summed E-state index contributed by atoms with van der Waals surface area (Å²) in [4.78, 5) is 67.0. The molecule has 1 saturated heterocycles. The summed E-state index contributed by atoms with van der Waals surface area (Å²) < 4.78 is 0. The smallest absolute Gasteiger partial charge is 0.315 e. The largest absolute Gasteiger partial charge is 0.411 e. The lowest BCUT2D eigenvalue weighted by molar-refractivity contribution is -0.145. The summed E-state index contributed by atoms with van der Waals surface area (Å²) in [6.07, 6.45) is 4.00. The second-order valence-electron chi connectivity index (χ2n) is 14.8. The molecule has 0 spiro atoms. The van der Waals surface area contributed by atoms with Gasteiger partial charge in [-0.2, -0.15) is 0 Å². The van der Waals surface area contributed by atoms with Gasteiger partial charge in [0.1, 0.15) is 12.1 Å². The lowest BCUT2D eigenvalue weighted by atomic mass is 9.85. The summed E-state index contributed by atoms with van der Waals surface area (Å²) >= 11 is 0. The Morgan fingerprint density at radius 1 is 1.02 bits per heavy atom. The quantitative estimate of drug-likeness (QED) is 0.100. The number of hydrogen-bond acceptors (Lipinski definition) is 7. The highest BCUT2D eigenvalue weighted by Crippen LogP contribution is 2.65. The van der Waals surface area contributed by atoms with E-state index in [0.717, 1.165) is 25.7 Å². The van der Waals surface area contributed by atoms with Gasteiger partial charge in [0.25, 0.3) is 5.91 Å². The van der Waals surface area contributed by atoms with E-state index in [-0.39, 0.29) is 40.9 Å². The van der Waals surface area contributed by atoms with E-state index >= 15 is 0 Å². The summed E-state index contributed by atoms with van der Waals surface area (Å²) in [7, 11) is 0. The standard InChI is InChI=1S/C30H48N6O6/c1-14(2)20(21(35-42)16-10-11-16)33-28(41)34-24(29(3,4)5)27(40)36-13-17-19(30(17,6)7)22(36)26(39)32-18(12-15-8-9-15)23(37)25(31)38/h14-20,22,24,42H,8-13H2,1-7H3,(H2,31,38)(H,32,39)(H2,33,34,41)/b35-21-/t17-,18?,19-,20-,22-,24+/m0/s1. The Kier molecular flexibility index (Phi) is 8.68. The predicted molar refractivity (Wildman–Crippen MR) is 155 cm³/mol. The summed E-state index contributed by atoms with van der Waals surface area (Å²) in [5.41, 5.74) is 4.93. The van der Waals surface area contributed by atoms with Gasteiger partial charge < -0.3 is 31.8 Å². The SMILES string of the molecule is CC(C)[C@H](NC(=O)N[C@H](C(=O)N1C[C@H]2[C@@H]([C@H]1C(=O)NC(CC1CC1)C(=O)C(N)=O)C2(C)C)C(C)(C)C)/C(=N\O)C1CC1. The number of fused-ring (bicyclic) bond motifs is 1. The molecular weight excluding hydrogens is 540 g/mol. The molecule has 234 valence electrons. The number of carbonyl (C=O) groups is 5. The minimum absolute atomic E-state index is 0.0428. The highest BCUT2D eigenvalue weighted by molar-refractivity contribution is 6.37. The molecule has 0 radical (unpaired) electrons. The molecule has 1 unspecified atom stereocenters. The third kappa shape index (κ3) is 6.57. The zero-order valence-corrected chi connectivity index (χ0v) is 25.9. The molecule has 0 bridgehead atoms. The van der Waals surface area contributed by atoms with Crippen molar-refractivity contribution in [1.82, 2.24) is 20.9 Å². The molecule has 0 aromatic carbocycles. The van der Waals surface area contributed by atoms with Gasteiger partial charge in [0.2, 0.25) is 17.6 Å². The van der Waals surface area contributed by atoms with E-state index in [9.17, 15) is 29.2 Å². The highest BCUT2D eigenvalue weighted by atomic mass is 16.4. The number of nitrogens with zero attached hydrogens (tertiary/aromatic N) is 2. The number of rotatable bonds is 12. The van der Waals surface area contributed by atoms with Gasteiger partial charge in [-0.3, -0.25) is 19.2 Å². The topological polar surface area (TPSA) is 183 Å². The van der Waals surface area contributed by atoms with Crippen LogP contribution in [0.2, 0.25) is 0 Å². The van der Waals surface area contributed by atoms with Crippen molar-refractivity contribution in [2.45, 2.75) is 105 Å². The molecule has 1 heterocycles. The lowest BCUT2D eigenvalue weighted by Gasteiger charge is -2.38. The van der Waals surface area contributed by atoms with Crippen molar-refractivity contribution >= 4 is 35.2 Å². The van der Waals surface area contributed by atoms with Crippen molar-refractivity contribution in [3.63, 3.8) is 0 Å². The van der Waals surface area contributed by atoms with Gasteiger partial charge in [-0.1, -0.05) is 66.5 Å². The maximum atomic E-state index is 14.2. The van der Waals surface area contributed by atoms with Crippen LogP contribution in [0, 0.1) is 40.4 Å². The number of carbonyl (C=O) groups excluding carboxylic acids is 5. The molecule has 4 aliphatic rings. The summed E-state index contributed by atoms with van der Waals surface area (Å²) in [5, 5.41) is 21.6. The van der Waals surface area contributed by atoms with Crippen molar-refractivity contribution in [3.05, 3.63) is 0 Å². The van der Waals surface area contributed by atoms with Crippen LogP contribution in [0.25, 0.3) is 0 Å². The average molecular weight is 589 g/mol. The highest BCUT2D eigenvalue weighted by Gasteiger charge is 2.70. The summed E-state index contributed by atoms with van der Waals surface area (Å²) in [6, 6.07) is -3.90. The lowest BCUT2D eigenvalue weighted by Crippen LogP contribution is -2.62. The van der Waals surface area contributed by atoms with Crippen molar-refractivity contribution in [2.75, 3.05) is 6.54 Å². The molecule has 5 amide bonds. The fraction of sp³-hybridized carbons (Fsp3) is 0.800. The number of nitrogens with one attached hydrogen (secondary N) is 3. The van der Waals surface area contributed by atoms with Gasteiger partial charge in [0, 0.05) is 12.5 Å². The molecule has 3 saturated carbocycles. The molecule has 3 aliphatic carbocycles. The number of hydrogen-bond donors (Lipinski definition) is 5. The maximum Gasteiger partial charge on any atom is 0.315 e. The van der Waals surface area contributed by atoms with E-state index in [1.54, 1.807) is 0 Å². The first kappa shape index (κ1) is 31.7. The third-order valence-corrected chi connectivity index (χ3v) is 9.67. The molecule has 4 fully saturated rings. The van der Waals surface area contributed by atoms with Crippen LogP contribution >= 0.6 is 0 Å². The number of likely N-dealkylation sites (tertiary alicyclic amines) is 1. The van der Waals surface area contributed by atoms with Gasteiger partial charge >= 0.3 is 6.03 Å². The average Bonchev–Trinajstić information content (AvgIpc) is 3.84. The second-order valence-corrected chi connectivity index (χ2v) is 14.8. The van der Waals surface area contributed by atoms with Gasteiger partial charge in [0.15, 0.2) is 0 Å². The Morgan fingerprint density at radius 2 is 1.64 bits per heavy atom. The van der Waals surface area contributed by atoms with Crippen LogP contribution in [-0.4, -0.2) is 76.1 Å². The van der Waals surface area contributed by atoms with Crippen LogP contribution in [0.15, 0.2) is 5.16 Å². The Balaban J connectivity index is 1.52. The zero-order valence-electron chi connectivity index (χ0n) is 25.9. The van der Waals surface area contributed by atoms with Crippen LogP contribution in [0.3, 0.4) is 0 Å². The van der Waals surface area contributed by atoms with E-state index < -0.39 is 53.2 Å². The molecule has 0 aromatic rings. The Labute approximate surface area is 247 Å². The number of ketones is 1. The Bertz CT molecular complexity index is 1150. The zero-order chi connectivity index (χ0) is 31.3. The first-order valence-corrected chi connectivity index (χ1v) is 15.2.